The zero-order valence-electron chi connectivity index (χ0n) is 14.5. The first-order valence-electron chi connectivity index (χ1n) is 8.75. The average molecular weight is 366 g/mol. The van der Waals surface area contributed by atoms with Crippen LogP contribution in [0, 0.1) is 18.3 Å². The molecule has 0 saturated carbocycles. The van der Waals surface area contributed by atoms with Gasteiger partial charge in [0.05, 0.1) is 24.3 Å². The first-order valence-corrected chi connectivity index (χ1v) is 8.75. The third-order valence-corrected chi connectivity index (χ3v) is 5.71. The highest BCUT2D eigenvalue weighted by molar-refractivity contribution is 5.92. The van der Waals surface area contributed by atoms with Gasteiger partial charge in [-0.1, -0.05) is 0 Å². The minimum Gasteiger partial charge on any atom is -0.396 e. The van der Waals surface area contributed by atoms with Gasteiger partial charge in [-0.05, 0) is 43.5 Å². The molecule has 2 atom stereocenters. The Morgan fingerprint density at radius 3 is 2.85 bits per heavy atom. The van der Waals surface area contributed by atoms with Gasteiger partial charge < -0.3 is 14.7 Å². The van der Waals surface area contributed by atoms with Gasteiger partial charge in [0.15, 0.2) is 0 Å². The molecule has 0 radical (unpaired) electrons. The number of rotatable bonds is 2. The van der Waals surface area contributed by atoms with Crippen molar-refractivity contribution in [1.29, 1.82) is 0 Å². The van der Waals surface area contributed by atoms with Gasteiger partial charge >= 0.3 is 6.18 Å². The van der Waals surface area contributed by atoms with Gasteiger partial charge in [0.2, 0.25) is 0 Å². The predicted octanol–water partition coefficient (Wildman–Crippen LogP) is 3.40. The van der Waals surface area contributed by atoms with Crippen LogP contribution in [0.15, 0.2) is 24.3 Å². The van der Waals surface area contributed by atoms with E-state index in [9.17, 15) is 18.3 Å². The molecule has 0 aliphatic carbocycles. The van der Waals surface area contributed by atoms with Crippen LogP contribution in [0.5, 0.6) is 0 Å². The van der Waals surface area contributed by atoms with E-state index in [1.807, 2.05) is 13.0 Å². The summed E-state index contributed by atoms with van der Waals surface area (Å²) in [6.45, 7) is 4.29. The first kappa shape index (κ1) is 17.5. The molecule has 1 aromatic heterocycles. The van der Waals surface area contributed by atoms with E-state index in [1.165, 1.54) is 12.1 Å². The van der Waals surface area contributed by atoms with Crippen molar-refractivity contribution in [2.45, 2.75) is 19.5 Å². The highest BCUT2D eigenvalue weighted by Gasteiger charge is 2.48. The number of aliphatic hydroxyl groups excluding tert-OH is 1. The van der Waals surface area contributed by atoms with Crippen LogP contribution in [-0.4, -0.2) is 43.0 Å². The fourth-order valence-electron chi connectivity index (χ4n) is 4.28. The molecule has 2 fully saturated rings. The zero-order valence-corrected chi connectivity index (χ0v) is 14.5. The Labute approximate surface area is 149 Å². The molecule has 4 nitrogen and oxygen atoms in total. The zero-order chi connectivity index (χ0) is 18.5. The molecule has 2 aliphatic rings. The second-order valence-corrected chi connectivity index (χ2v) is 7.45. The van der Waals surface area contributed by atoms with Crippen LogP contribution in [0.25, 0.3) is 10.9 Å². The number of alkyl halides is 3. The molecular formula is C19H21F3N2O2. The predicted molar refractivity (Wildman–Crippen MR) is 92.1 cm³/mol. The average Bonchev–Trinajstić information content (AvgIpc) is 2.99. The molecule has 140 valence electrons. The number of fused-ring (bicyclic) bond motifs is 2. The number of anilines is 1. The highest BCUT2D eigenvalue weighted by atomic mass is 19.4. The van der Waals surface area contributed by atoms with Gasteiger partial charge in [-0.2, -0.15) is 13.2 Å². The SMILES string of the molecule is Cc1cc(N2C[C@@H]3CCOC[C@]3(CO)C2)c2cc(C(F)(F)F)ccc2n1. The van der Waals surface area contributed by atoms with Crippen molar-refractivity contribution in [3.05, 3.63) is 35.5 Å². The van der Waals surface area contributed by atoms with E-state index in [-0.39, 0.29) is 17.9 Å². The van der Waals surface area contributed by atoms with Gasteiger partial charge in [-0.3, -0.25) is 4.98 Å². The van der Waals surface area contributed by atoms with E-state index in [0.717, 1.165) is 23.9 Å². The van der Waals surface area contributed by atoms with E-state index in [1.54, 1.807) is 0 Å². The number of halogens is 3. The molecule has 1 aromatic carbocycles. The summed E-state index contributed by atoms with van der Waals surface area (Å²) in [4.78, 5) is 6.48. The number of hydrogen-bond donors (Lipinski definition) is 1. The largest absolute Gasteiger partial charge is 0.416 e. The lowest BCUT2D eigenvalue weighted by molar-refractivity contribution is -0.137. The smallest absolute Gasteiger partial charge is 0.396 e. The number of aryl methyl sites for hydroxylation is 1. The number of aliphatic hydroxyl groups is 1. The Morgan fingerprint density at radius 2 is 2.15 bits per heavy atom. The Hall–Kier alpha value is -1.86. The van der Waals surface area contributed by atoms with Crippen LogP contribution in [0.1, 0.15) is 17.7 Å². The van der Waals surface area contributed by atoms with E-state index < -0.39 is 11.7 Å². The lowest BCUT2D eigenvalue weighted by Gasteiger charge is -2.36. The monoisotopic (exact) mass is 366 g/mol. The molecule has 4 rings (SSSR count). The number of nitrogens with zero attached hydrogens (tertiary/aromatic N) is 2. The molecule has 26 heavy (non-hydrogen) atoms. The normalized spacial score (nSPS) is 26.3. The Morgan fingerprint density at radius 1 is 1.35 bits per heavy atom. The summed E-state index contributed by atoms with van der Waals surface area (Å²) in [6.07, 6.45) is -3.54. The van der Waals surface area contributed by atoms with Crippen LogP contribution in [0.3, 0.4) is 0 Å². The van der Waals surface area contributed by atoms with E-state index in [2.05, 4.69) is 9.88 Å². The van der Waals surface area contributed by atoms with Crippen molar-refractivity contribution in [2.75, 3.05) is 37.8 Å². The summed E-state index contributed by atoms with van der Waals surface area (Å²) >= 11 is 0. The van der Waals surface area contributed by atoms with Gasteiger partial charge in [0.25, 0.3) is 0 Å². The Kier molecular flexibility index (Phi) is 4.11. The number of pyridine rings is 1. The van der Waals surface area contributed by atoms with Crippen molar-refractivity contribution in [1.82, 2.24) is 4.98 Å². The lowest BCUT2D eigenvalue weighted by Crippen LogP contribution is -2.42. The summed E-state index contributed by atoms with van der Waals surface area (Å²) in [5, 5.41) is 10.5. The molecule has 7 heteroatoms. The first-order chi connectivity index (χ1) is 12.3. The molecule has 0 unspecified atom stereocenters. The summed E-state index contributed by atoms with van der Waals surface area (Å²) < 4.78 is 45.1. The summed E-state index contributed by atoms with van der Waals surface area (Å²) in [5.74, 6) is 0.274. The standard InChI is InChI=1S/C19H21F3N2O2/c1-12-6-17(15-7-13(19(20,21)22)2-3-16(15)23-12)24-8-14-4-5-26-11-18(14,9-24)10-25/h2-3,6-7,14,25H,4-5,8-11H2,1H3/t14-,18+/m0/s1. The minimum atomic E-state index is -4.39. The third-order valence-electron chi connectivity index (χ3n) is 5.71. The van der Waals surface area contributed by atoms with Crippen molar-refractivity contribution in [3.63, 3.8) is 0 Å². The molecule has 2 aliphatic heterocycles. The molecule has 0 bridgehead atoms. The number of hydrogen-bond acceptors (Lipinski definition) is 4. The Bertz CT molecular complexity index is 839. The minimum absolute atomic E-state index is 0.0178. The number of benzene rings is 1. The second kappa shape index (κ2) is 6.09. The number of ether oxygens (including phenoxy) is 1. The van der Waals surface area contributed by atoms with Crippen molar-refractivity contribution in [3.8, 4) is 0 Å². The highest BCUT2D eigenvalue weighted by Crippen LogP contribution is 2.44. The molecule has 2 aromatic rings. The van der Waals surface area contributed by atoms with Crippen LogP contribution in [-0.2, 0) is 10.9 Å². The van der Waals surface area contributed by atoms with Crippen LogP contribution in [0.2, 0.25) is 0 Å². The van der Waals surface area contributed by atoms with Gasteiger partial charge in [-0.25, -0.2) is 0 Å². The van der Waals surface area contributed by atoms with E-state index >= 15 is 0 Å². The maximum Gasteiger partial charge on any atom is 0.416 e. The maximum atomic E-state index is 13.2. The summed E-state index contributed by atoms with van der Waals surface area (Å²) in [5.41, 5.74) is 1.05. The molecular weight excluding hydrogens is 345 g/mol. The van der Waals surface area contributed by atoms with Gasteiger partial charge in [-0.15, -0.1) is 0 Å². The molecule has 0 amide bonds. The van der Waals surface area contributed by atoms with E-state index in [0.29, 0.717) is 37.2 Å². The molecule has 1 N–H and O–H groups in total. The molecule has 2 saturated heterocycles. The third kappa shape index (κ3) is 2.83. The lowest BCUT2D eigenvalue weighted by atomic mass is 9.76. The van der Waals surface area contributed by atoms with Crippen LogP contribution >= 0.6 is 0 Å². The van der Waals surface area contributed by atoms with Crippen molar-refractivity contribution in [2.24, 2.45) is 11.3 Å². The maximum absolute atomic E-state index is 13.2. The fraction of sp³-hybridized carbons (Fsp3) is 0.526. The fourth-order valence-corrected chi connectivity index (χ4v) is 4.28. The summed E-state index contributed by atoms with van der Waals surface area (Å²) in [6, 6.07) is 5.53. The van der Waals surface area contributed by atoms with Crippen LogP contribution in [0.4, 0.5) is 18.9 Å². The van der Waals surface area contributed by atoms with Crippen molar-refractivity contribution >= 4 is 16.6 Å². The van der Waals surface area contributed by atoms with Gasteiger partial charge in [0, 0.05) is 41.9 Å². The van der Waals surface area contributed by atoms with E-state index in [4.69, 9.17) is 4.74 Å². The van der Waals surface area contributed by atoms with Crippen LogP contribution < -0.4 is 4.90 Å². The van der Waals surface area contributed by atoms with Gasteiger partial charge in [0.1, 0.15) is 0 Å². The quantitative estimate of drug-likeness (QED) is 0.885. The van der Waals surface area contributed by atoms with Crippen molar-refractivity contribution < 1.29 is 23.0 Å². The Balaban J connectivity index is 1.80. The summed E-state index contributed by atoms with van der Waals surface area (Å²) in [7, 11) is 0. The molecule has 0 spiro atoms. The second-order valence-electron chi connectivity index (χ2n) is 7.45. The molecule has 3 heterocycles. The number of aromatic nitrogens is 1. The topological polar surface area (TPSA) is 45.6 Å².